The predicted octanol–water partition coefficient (Wildman–Crippen LogP) is 0.587. The van der Waals surface area contributed by atoms with Crippen LogP contribution < -0.4 is 10.1 Å². The summed E-state index contributed by atoms with van der Waals surface area (Å²) in [5.41, 5.74) is 1.26. The molecule has 0 aromatic heterocycles. The summed E-state index contributed by atoms with van der Waals surface area (Å²) in [6.45, 7) is 1.89. The smallest absolute Gasteiger partial charge is 0.118 e. The number of hydrogen-bond acceptors (Lipinski definition) is 4. The number of ether oxygens (including phenoxy) is 2. The molecule has 94 valence electrons. The zero-order valence-electron chi connectivity index (χ0n) is 10.1. The fourth-order valence-electron chi connectivity index (χ4n) is 1.93. The van der Waals surface area contributed by atoms with E-state index in [1.807, 2.05) is 12.1 Å². The number of methoxy groups -OCH3 is 1. The molecular weight excluding hydrogens is 218 g/mol. The van der Waals surface area contributed by atoms with Gasteiger partial charge in [0, 0.05) is 0 Å². The number of hydrogen-bond donors (Lipinski definition) is 2. The summed E-state index contributed by atoms with van der Waals surface area (Å²) in [5, 5.41) is 12.9. The quantitative estimate of drug-likeness (QED) is 0.787. The van der Waals surface area contributed by atoms with Crippen molar-refractivity contribution in [1.29, 1.82) is 0 Å². The predicted molar refractivity (Wildman–Crippen MR) is 65.3 cm³/mol. The Kier molecular flexibility index (Phi) is 4.36. The van der Waals surface area contributed by atoms with Gasteiger partial charge in [0.05, 0.1) is 32.5 Å². The molecule has 2 atom stereocenters. The lowest BCUT2D eigenvalue weighted by Gasteiger charge is -2.14. The molecule has 2 rings (SSSR count). The van der Waals surface area contributed by atoms with E-state index < -0.39 is 0 Å². The minimum atomic E-state index is -0.370. The van der Waals surface area contributed by atoms with E-state index in [1.165, 1.54) is 5.56 Å². The fourth-order valence-corrected chi connectivity index (χ4v) is 1.93. The van der Waals surface area contributed by atoms with Gasteiger partial charge in [-0.1, -0.05) is 12.1 Å². The molecule has 1 heterocycles. The Morgan fingerprint density at radius 3 is 2.71 bits per heavy atom. The molecule has 0 aliphatic carbocycles. The molecule has 17 heavy (non-hydrogen) atoms. The monoisotopic (exact) mass is 237 g/mol. The Bertz CT molecular complexity index is 339. The minimum Gasteiger partial charge on any atom is -0.497 e. The zero-order chi connectivity index (χ0) is 12.1. The van der Waals surface area contributed by atoms with Crippen molar-refractivity contribution in [3.8, 4) is 5.75 Å². The number of nitrogens with one attached hydrogen (secondary N) is 1. The van der Waals surface area contributed by atoms with Crippen LogP contribution >= 0.6 is 0 Å². The second kappa shape index (κ2) is 6.00. The van der Waals surface area contributed by atoms with Crippen molar-refractivity contribution >= 4 is 0 Å². The van der Waals surface area contributed by atoms with Crippen molar-refractivity contribution in [2.45, 2.75) is 18.6 Å². The first-order valence-electron chi connectivity index (χ1n) is 5.91. The molecule has 2 N–H and O–H groups in total. The van der Waals surface area contributed by atoms with Crippen molar-refractivity contribution in [2.75, 3.05) is 26.9 Å². The van der Waals surface area contributed by atoms with E-state index >= 15 is 0 Å². The van der Waals surface area contributed by atoms with E-state index in [1.54, 1.807) is 7.11 Å². The van der Waals surface area contributed by atoms with Crippen molar-refractivity contribution < 1.29 is 14.6 Å². The highest BCUT2D eigenvalue weighted by molar-refractivity contribution is 5.27. The second-order valence-corrected chi connectivity index (χ2v) is 4.26. The van der Waals surface area contributed by atoms with E-state index in [0.717, 1.165) is 18.7 Å². The van der Waals surface area contributed by atoms with Crippen molar-refractivity contribution in [3.05, 3.63) is 29.8 Å². The number of rotatable bonds is 5. The molecule has 1 aliphatic heterocycles. The maximum absolute atomic E-state index is 9.55. The second-order valence-electron chi connectivity index (χ2n) is 4.26. The topological polar surface area (TPSA) is 50.7 Å². The van der Waals surface area contributed by atoms with Gasteiger partial charge in [0.15, 0.2) is 0 Å². The number of benzene rings is 1. The maximum atomic E-state index is 9.55. The SMILES string of the molecule is COc1ccc(CCNC2COCC2O)cc1. The summed E-state index contributed by atoms with van der Waals surface area (Å²) in [6.07, 6.45) is 0.568. The average molecular weight is 237 g/mol. The Hall–Kier alpha value is -1.10. The zero-order valence-corrected chi connectivity index (χ0v) is 10.1. The van der Waals surface area contributed by atoms with Gasteiger partial charge in [-0.05, 0) is 30.7 Å². The van der Waals surface area contributed by atoms with Crippen LogP contribution in [-0.4, -0.2) is 44.1 Å². The molecule has 4 heteroatoms. The third kappa shape index (κ3) is 3.43. The van der Waals surface area contributed by atoms with Gasteiger partial charge in [-0.2, -0.15) is 0 Å². The van der Waals surface area contributed by atoms with Crippen LogP contribution in [0.25, 0.3) is 0 Å². The fraction of sp³-hybridized carbons (Fsp3) is 0.538. The first kappa shape index (κ1) is 12.4. The Morgan fingerprint density at radius 2 is 2.12 bits per heavy atom. The Balaban J connectivity index is 1.73. The molecule has 1 saturated heterocycles. The summed E-state index contributed by atoms with van der Waals surface area (Å²) in [6, 6.07) is 8.11. The molecule has 1 aromatic rings. The van der Waals surface area contributed by atoms with Crippen LogP contribution in [0.2, 0.25) is 0 Å². The van der Waals surface area contributed by atoms with Crippen LogP contribution in [0, 0.1) is 0 Å². The standard InChI is InChI=1S/C13H19NO3/c1-16-11-4-2-10(3-5-11)6-7-14-12-8-17-9-13(12)15/h2-5,12-15H,6-9H2,1H3. The first-order chi connectivity index (χ1) is 8.29. The molecule has 0 bridgehead atoms. The Labute approximate surface area is 102 Å². The molecule has 0 radical (unpaired) electrons. The van der Waals surface area contributed by atoms with E-state index in [4.69, 9.17) is 9.47 Å². The van der Waals surface area contributed by atoms with Gasteiger partial charge < -0.3 is 19.9 Å². The molecule has 4 nitrogen and oxygen atoms in total. The Morgan fingerprint density at radius 1 is 1.35 bits per heavy atom. The van der Waals surface area contributed by atoms with E-state index in [-0.39, 0.29) is 12.1 Å². The molecule has 0 saturated carbocycles. The molecule has 2 unspecified atom stereocenters. The van der Waals surface area contributed by atoms with Crippen LogP contribution in [0.1, 0.15) is 5.56 Å². The van der Waals surface area contributed by atoms with Crippen LogP contribution in [-0.2, 0) is 11.2 Å². The van der Waals surface area contributed by atoms with Gasteiger partial charge in [-0.3, -0.25) is 0 Å². The van der Waals surface area contributed by atoms with Gasteiger partial charge >= 0.3 is 0 Å². The van der Waals surface area contributed by atoms with Gasteiger partial charge in [-0.25, -0.2) is 0 Å². The lowest BCUT2D eigenvalue weighted by atomic mass is 10.1. The highest BCUT2D eigenvalue weighted by Crippen LogP contribution is 2.11. The van der Waals surface area contributed by atoms with Crippen molar-refractivity contribution in [2.24, 2.45) is 0 Å². The van der Waals surface area contributed by atoms with E-state index in [2.05, 4.69) is 17.4 Å². The molecule has 1 aromatic carbocycles. The molecule has 0 amide bonds. The van der Waals surface area contributed by atoms with Crippen molar-refractivity contribution in [1.82, 2.24) is 5.32 Å². The van der Waals surface area contributed by atoms with E-state index in [0.29, 0.717) is 13.2 Å². The highest BCUT2D eigenvalue weighted by Gasteiger charge is 2.24. The third-order valence-corrected chi connectivity index (χ3v) is 3.03. The summed E-state index contributed by atoms with van der Waals surface area (Å²) in [4.78, 5) is 0. The molecule has 0 spiro atoms. The van der Waals surface area contributed by atoms with Crippen LogP contribution in [0.3, 0.4) is 0 Å². The third-order valence-electron chi connectivity index (χ3n) is 3.03. The van der Waals surface area contributed by atoms with Gasteiger partial charge in [-0.15, -0.1) is 0 Å². The lowest BCUT2D eigenvalue weighted by molar-refractivity contribution is 0.122. The highest BCUT2D eigenvalue weighted by atomic mass is 16.5. The maximum Gasteiger partial charge on any atom is 0.118 e. The van der Waals surface area contributed by atoms with Crippen LogP contribution in [0.4, 0.5) is 0 Å². The largest absolute Gasteiger partial charge is 0.497 e. The van der Waals surface area contributed by atoms with Crippen LogP contribution in [0.15, 0.2) is 24.3 Å². The lowest BCUT2D eigenvalue weighted by Crippen LogP contribution is -2.39. The van der Waals surface area contributed by atoms with E-state index in [9.17, 15) is 5.11 Å². The van der Waals surface area contributed by atoms with Gasteiger partial charge in [0.25, 0.3) is 0 Å². The number of aliphatic hydroxyl groups excluding tert-OH is 1. The number of aliphatic hydroxyl groups is 1. The molecule has 1 aliphatic rings. The van der Waals surface area contributed by atoms with Crippen molar-refractivity contribution in [3.63, 3.8) is 0 Å². The van der Waals surface area contributed by atoms with Gasteiger partial charge in [0.1, 0.15) is 5.75 Å². The summed E-state index contributed by atoms with van der Waals surface area (Å²) in [5.74, 6) is 0.876. The minimum absolute atomic E-state index is 0.0771. The summed E-state index contributed by atoms with van der Waals surface area (Å²) < 4.78 is 10.3. The average Bonchev–Trinajstić information content (AvgIpc) is 2.76. The first-order valence-corrected chi connectivity index (χ1v) is 5.91. The normalized spacial score (nSPS) is 23.9. The molecule has 1 fully saturated rings. The van der Waals surface area contributed by atoms with Gasteiger partial charge in [0.2, 0.25) is 0 Å². The molecular formula is C13H19NO3. The van der Waals surface area contributed by atoms with Crippen LogP contribution in [0.5, 0.6) is 5.75 Å². The summed E-state index contributed by atoms with van der Waals surface area (Å²) in [7, 11) is 1.66. The summed E-state index contributed by atoms with van der Waals surface area (Å²) >= 11 is 0.